The Hall–Kier alpha value is -1.92. The highest BCUT2D eigenvalue weighted by Crippen LogP contribution is 2.18. The van der Waals surface area contributed by atoms with Crippen LogP contribution in [0.5, 0.6) is 0 Å². The molecule has 0 spiro atoms. The van der Waals surface area contributed by atoms with Gasteiger partial charge in [-0.1, -0.05) is 13.0 Å². The molecular weight excluding hydrogens is 304 g/mol. The second-order valence-corrected chi connectivity index (χ2v) is 6.29. The number of hydrogen-bond acceptors (Lipinski definition) is 4. The Labute approximate surface area is 143 Å². The van der Waals surface area contributed by atoms with E-state index >= 15 is 0 Å². The molecule has 2 aromatic rings. The zero-order valence-corrected chi connectivity index (χ0v) is 14.6. The molecule has 0 unspecified atom stereocenters. The highest BCUT2D eigenvalue weighted by atomic mass is 16.5. The lowest BCUT2D eigenvalue weighted by Crippen LogP contribution is -2.49. The topological polar surface area (TPSA) is 50.1 Å². The Bertz CT molecular complexity index is 689. The largest absolute Gasteiger partial charge is 0.380 e. The van der Waals surface area contributed by atoms with Crippen LogP contribution in [0.4, 0.5) is 0 Å². The number of pyridine rings is 1. The van der Waals surface area contributed by atoms with Crippen molar-refractivity contribution in [2.75, 3.05) is 45.9 Å². The normalized spacial score (nSPS) is 16.0. The molecule has 1 amide bonds. The van der Waals surface area contributed by atoms with Crippen molar-refractivity contribution in [1.82, 2.24) is 19.4 Å². The molecule has 0 aromatic carbocycles. The number of carbonyl (C=O) groups excluding carboxylic acids is 1. The van der Waals surface area contributed by atoms with E-state index in [-0.39, 0.29) is 5.91 Å². The van der Waals surface area contributed by atoms with Gasteiger partial charge in [0.2, 0.25) is 0 Å². The van der Waals surface area contributed by atoms with Gasteiger partial charge in [0.1, 0.15) is 0 Å². The molecule has 0 bridgehead atoms. The van der Waals surface area contributed by atoms with Crippen LogP contribution in [0.25, 0.3) is 5.52 Å². The summed E-state index contributed by atoms with van der Waals surface area (Å²) in [5.41, 5.74) is 2.69. The van der Waals surface area contributed by atoms with Gasteiger partial charge in [-0.3, -0.25) is 9.69 Å². The van der Waals surface area contributed by atoms with Crippen LogP contribution in [0.2, 0.25) is 0 Å². The number of piperazine rings is 1. The summed E-state index contributed by atoms with van der Waals surface area (Å²) in [6.07, 6.45) is 4.63. The Morgan fingerprint density at radius 1 is 1.25 bits per heavy atom. The van der Waals surface area contributed by atoms with Crippen molar-refractivity contribution in [2.24, 2.45) is 0 Å². The Morgan fingerprint density at radius 2 is 2.04 bits per heavy atom. The number of hydrogen-bond donors (Lipinski definition) is 0. The molecule has 0 saturated carbocycles. The van der Waals surface area contributed by atoms with Gasteiger partial charge >= 0.3 is 0 Å². The Kier molecular flexibility index (Phi) is 5.48. The second kappa shape index (κ2) is 7.77. The van der Waals surface area contributed by atoms with E-state index in [1.807, 2.05) is 30.2 Å². The lowest BCUT2D eigenvalue weighted by atomic mass is 10.1. The molecule has 3 rings (SSSR count). The number of aryl methyl sites for hydroxylation is 1. The number of nitrogens with zero attached hydrogens (tertiary/aromatic N) is 4. The van der Waals surface area contributed by atoms with Gasteiger partial charge in [-0.25, -0.2) is 4.52 Å². The zero-order chi connectivity index (χ0) is 16.9. The first kappa shape index (κ1) is 16.9. The van der Waals surface area contributed by atoms with E-state index in [1.165, 1.54) is 0 Å². The van der Waals surface area contributed by atoms with Crippen LogP contribution in [0.3, 0.4) is 0 Å². The van der Waals surface area contributed by atoms with Gasteiger partial charge in [-0.2, -0.15) is 5.10 Å². The molecule has 130 valence electrons. The summed E-state index contributed by atoms with van der Waals surface area (Å²) in [4.78, 5) is 17.2. The van der Waals surface area contributed by atoms with E-state index < -0.39 is 0 Å². The summed E-state index contributed by atoms with van der Waals surface area (Å²) in [6.45, 7) is 10.00. The molecule has 0 radical (unpaired) electrons. The fraction of sp³-hybridized carbons (Fsp3) is 0.556. The van der Waals surface area contributed by atoms with E-state index in [0.717, 1.165) is 63.4 Å². The maximum atomic E-state index is 12.9. The van der Waals surface area contributed by atoms with Crippen molar-refractivity contribution in [3.8, 4) is 0 Å². The minimum Gasteiger partial charge on any atom is -0.380 e. The van der Waals surface area contributed by atoms with Crippen molar-refractivity contribution >= 4 is 11.4 Å². The highest BCUT2D eigenvalue weighted by molar-refractivity contribution is 6.01. The molecule has 0 N–H and O–H groups in total. The van der Waals surface area contributed by atoms with Gasteiger partial charge < -0.3 is 9.64 Å². The average molecular weight is 330 g/mol. The lowest BCUT2D eigenvalue weighted by molar-refractivity contribution is 0.0554. The predicted octanol–water partition coefficient (Wildman–Crippen LogP) is 1.83. The summed E-state index contributed by atoms with van der Waals surface area (Å²) >= 11 is 0. The SMILES string of the molecule is CCCOCCN1CCN(C(=O)c2cnn3cccc(C)c23)CC1. The molecular formula is C18H26N4O2. The minimum absolute atomic E-state index is 0.0844. The molecule has 3 heterocycles. The third-order valence-electron chi connectivity index (χ3n) is 4.53. The number of ether oxygens (including phenoxy) is 1. The van der Waals surface area contributed by atoms with Crippen molar-refractivity contribution in [1.29, 1.82) is 0 Å². The quantitative estimate of drug-likeness (QED) is 0.758. The van der Waals surface area contributed by atoms with Crippen molar-refractivity contribution < 1.29 is 9.53 Å². The van der Waals surface area contributed by atoms with E-state index in [4.69, 9.17) is 4.74 Å². The number of rotatable bonds is 6. The summed E-state index contributed by atoms with van der Waals surface area (Å²) in [7, 11) is 0. The Morgan fingerprint density at radius 3 is 2.79 bits per heavy atom. The van der Waals surface area contributed by atoms with Crippen LogP contribution >= 0.6 is 0 Å². The van der Waals surface area contributed by atoms with E-state index in [2.05, 4.69) is 16.9 Å². The molecule has 1 fully saturated rings. The third kappa shape index (κ3) is 3.60. The zero-order valence-electron chi connectivity index (χ0n) is 14.6. The molecule has 6 heteroatoms. The van der Waals surface area contributed by atoms with Crippen molar-refractivity contribution in [3.63, 3.8) is 0 Å². The van der Waals surface area contributed by atoms with Crippen molar-refractivity contribution in [2.45, 2.75) is 20.3 Å². The van der Waals surface area contributed by atoms with Crippen LogP contribution in [0.15, 0.2) is 24.5 Å². The van der Waals surface area contributed by atoms with E-state index in [1.54, 1.807) is 10.7 Å². The van der Waals surface area contributed by atoms with Gasteiger partial charge in [-0.05, 0) is 25.0 Å². The molecule has 24 heavy (non-hydrogen) atoms. The van der Waals surface area contributed by atoms with Crippen molar-refractivity contribution in [3.05, 3.63) is 35.7 Å². The molecule has 0 atom stereocenters. The lowest BCUT2D eigenvalue weighted by Gasteiger charge is -2.34. The monoisotopic (exact) mass is 330 g/mol. The standard InChI is InChI=1S/C18H26N4O2/c1-3-12-24-13-11-20-7-9-21(10-8-20)18(23)16-14-19-22-6-4-5-15(2)17(16)22/h4-6,14H,3,7-13H2,1-2H3. The van der Waals surface area contributed by atoms with Crippen LogP contribution < -0.4 is 0 Å². The fourth-order valence-corrected chi connectivity index (χ4v) is 3.16. The van der Waals surface area contributed by atoms with Crippen LogP contribution in [-0.4, -0.2) is 71.3 Å². The predicted molar refractivity (Wildman–Crippen MR) is 93.4 cm³/mol. The molecule has 1 aliphatic heterocycles. The summed E-state index contributed by atoms with van der Waals surface area (Å²) in [5, 5.41) is 4.31. The molecule has 1 aliphatic rings. The highest BCUT2D eigenvalue weighted by Gasteiger charge is 2.24. The first-order chi connectivity index (χ1) is 11.7. The number of amides is 1. The van der Waals surface area contributed by atoms with Crippen LogP contribution in [-0.2, 0) is 4.74 Å². The summed E-state index contributed by atoms with van der Waals surface area (Å²) in [5.74, 6) is 0.0844. The molecule has 6 nitrogen and oxygen atoms in total. The van der Waals surface area contributed by atoms with E-state index in [9.17, 15) is 4.79 Å². The number of fused-ring (bicyclic) bond motifs is 1. The average Bonchev–Trinajstić information content (AvgIpc) is 3.04. The van der Waals surface area contributed by atoms with Crippen LogP contribution in [0.1, 0.15) is 29.3 Å². The summed E-state index contributed by atoms with van der Waals surface area (Å²) in [6, 6.07) is 3.96. The summed E-state index contributed by atoms with van der Waals surface area (Å²) < 4.78 is 7.33. The molecule has 1 saturated heterocycles. The maximum absolute atomic E-state index is 12.9. The molecule has 2 aromatic heterocycles. The first-order valence-corrected chi connectivity index (χ1v) is 8.73. The van der Waals surface area contributed by atoms with Gasteiger partial charge in [-0.15, -0.1) is 0 Å². The smallest absolute Gasteiger partial charge is 0.257 e. The number of aromatic nitrogens is 2. The fourth-order valence-electron chi connectivity index (χ4n) is 3.16. The Balaban J connectivity index is 1.59. The first-order valence-electron chi connectivity index (χ1n) is 8.73. The molecule has 0 aliphatic carbocycles. The maximum Gasteiger partial charge on any atom is 0.257 e. The van der Waals surface area contributed by atoms with Gasteiger partial charge in [0, 0.05) is 45.5 Å². The van der Waals surface area contributed by atoms with Crippen LogP contribution in [0, 0.1) is 6.92 Å². The van der Waals surface area contributed by atoms with Gasteiger partial charge in [0.25, 0.3) is 5.91 Å². The van der Waals surface area contributed by atoms with E-state index in [0.29, 0.717) is 5.56 Å². The number of carbonyl (C=O) groups is 1. The second-order valence-electron chi connectivity index (χ2n) is 6.29. The van der Waals surface area contributed by atoms with Gasteiger partial charge in [0.05, 0.1) is 23.9 Å². The van der Waals surface area contributed by atoms with Gasteiger partial charge in [0.15, 0.2) is 0 Å². The third-order valence-corrected chi connectivity index (χ3v) is 4.53. The minimum atomic E-state index is 0.0844.